The van der Waals surface area contributed by atoms with Gasteiger partial charge in [0.25, 0.3) is 0 Å². The zero-order valence-corrected chi connectivity index (χ0v) is 22.9. The molecule has 2 amide bonds. The zero-order chi connectivity index (χ0) is 30.0. The van der Waals surface area contributed by atoms with E-state index >= 15 is 0 Å². The van der Waals surface area contributed by atoms with Crippen molar-refractivity contribution in [2.45, 2.75) is 19.6 Å². The molecule has 1 aliphatic heterocycles. The van der Waals surface area contributed by atoms with Gasteiger partial charge in [-0.2, -0.15) is 18.3 Å². The normalized spacial score (nSPS) is 14.1. The van der Waals surface area contributed by atoms with Crippen LogP contribution in [0.2, 0.25) is 5.02 Å². The summed E-state index contributed by atoms with van der Waals surface area (Å²) >= 11 is 6.10. The molecule has 2 aromatic heterocycles. The van der Waals surface area contributed by atoms with Crippen LogP contribution in [-0.4, -0.2) is 64.0 Å². The van der Waals surface area contributed by atoms with E-state index in [1.54, 1.807) is 29.6 Å². The Morgan fingerprint density at radius 1 is 1.14 bits per heavy atom. The number of aromatic nitrogens is 3. The maximum Gasteiger partial charge on any atom is 0.493 e. The summed E-state index contributed by atoms with van der Waals surface area (Å²) in [5.41, 5.74) is 9.64. The molecule has 5 rings (SSSR count). The number of fused-ring (bicyclic) bond motifs is 1. The molecule has 3 N–H and O–H groups in total. The van der Waals surface area contributed by atoms with Crippen molar-refractivity contribution in [2.24, 2.45) is 0 Å². The van der Waals surface area contributed by atoms with Gasteiger partial charge >= 0.3 is 18.2 Å². The van der Waals surface area contributed by atoms with E-state index in [9.17, 15) is 22.8 Å². The summed E-state index contributed by atoms with van der Waals surface area (Å²) in [5, 5.41) is 7.31. The number of alkyl halides is 3. The first-order valence-electron chi connectivity index (χ1n) is 12.7. The predicted octanol–water partition coefficient (Wildman–Crippen LogP) is 4.83. The lowest BCUT2D eigenvalue weighted by molar-refractivity contribution is -0.199. The number of carbonyl (C=O) groups excluding carboxylic acids is 2. The molecule has 1 fully saturated rings. The Hall–Kier alpha value is -4.40. The Kier molecular flexibility index (Phi) is 8.20. The highest BCUT2D eigenvalue weighted by Crippen LogP contribution is 2.33. The third-order valence-corrected chi connectivity index (χ3v) is 6.98. The van der Waals surface area contributed by atoms with E-state index in [0.29, 0.717) is 41.4 Å². The number of nitrogens with two attached hydrogens (primary N) is 1. The van der Waals surface area contributed by atoms with Gasteiger partial charge in [0, 0.05) is 35.9 Å². The second-order valence-electron chi connectivity index (χ2n) is 9.46. The first-order chi connectivity index (χ1) is 20.0. The number of rotatable bonds is 5. The molecule has 0 unspecified atom stereocenters. The predicted molar refractivity (Wildman–Crippen MR) is 149 cm³/mol. The fraction of sp³-hybridized carbons (Fsp3) is 0.259. The summed E-state index contributed by atoms with van der Waals surface area (Å²) in [6.45, 7) is 5.06. The molecule has 15 heteroatoms. The van der Waals surface area contributed by atoms with Gasteiger partial charge < -0.3 is 20.6 Å². The minimum atomic E-state index is -5.34. The van der Waals surface area contributed by atoms with E-state index in [1.165, 1.54) is 30.6 Å². The standard InChI is InChI=1S/C27H25ClF3N7O4/c1-16-2-5-18(12-22(16)28)35-26(40)38(42-25(39)27(29,30)31)19-6-3-17(4-7-19)21-13-20(14-36-8-10-41-11-9-36)37-23(21)24(32)33-15-34-37/h2-7,12-13,15H,8-11,14H2,1H3,(H,35,40)(H2,32,33,34). The number of hydrogen-bond acceptors (Lipinski definition) is 8. The van der Waals surface area contributed by atoms with Crippen molar-refractivity contribution in [3.8, 4) is 11.1 Å². The topological polar surface area (TPSA) is 127 Å². The molecular weight excluding hydrogens is 579 g/mol. The van der Waals surface area contributed by atoms with Crippen molar-refractivity contribution < 1.29 is 32.3 Å². The van der Waals surface area contributed by atoms with Gasteiger partial charge in [-0.3, -0.25) is 4.90 Å². The summed E-state index contributed by atoms with van der Waals surface area (Å²) in [4.78, 5) is 35.5. The molecule has 4 aromatic rings. The molecule has 0 atom stereocenters. The number of amides is 2. The van der Waals surface area contributed by atoms with E-state index in [1.807, 2.05) is 6.07 Å². The van der Waals surface area contributed by atoms with Gasteiger partial charge in [-0.25, -0.2) is 19.1 Å². The number of carbonyl (C=O) groups is 2. The number of aryl methyl sites for hydroxylation is 1. The van der Waals surface area contributed by atoms with E-state index in [2.05, 4.69) is 25.1 Å². The van der Waals surface area contributed by atoms with Crippen LogP contribution >= 0.6 is 11.6 Å². The smallest absolute Gasteiger partial charge is 0.382 e. The van der Waals surface area contributed by atoms with Gasteiger partial charge in [0.1, 0.15) is 11.8 Å². The molecule has 1 saturated heterocycles. The van der Waals surface area contributed by atoms with Crippen molar-refractivity contribution in [3.63, 3.8) is 0 Å². The van der Waals surface area contributed by atoms with Crippen molar-refractivity contribution in [3.05, 3.63) is 71.1 Å². The number of urea groups is 1. The van der Waals surface area contributed by atoms with Crippen LogP contribution in [0.25, 0.3) is 16.6 Å². The molecular formula is C27H25ClF3N7O4. The van der Waals surface area contributed by atoms with Gasteiger partial charge in [-0.15, -0.1) is 5.06 Å². The third kappa shape index (κ3) is 6.25. The van der Waals surface area contributed by atoms with Crippen LogP contribution in [0, 0.1) is 6.92 Å². The fourth-order valence-corrected chi connectivity index (χ4v) is 4.60. The number of halogens is 4. The summed E-state index contributed by atoms with van der Waals surface area (Å²) in [6, 6.07) is 11.1. The van der Waals surface area contributed by atoms with Gasteiger partial charge in [-0.1, -0.05) is 29.8 Å². The number of benzene rings is 2. The van der Waals surface area contributed by atoms with Crippen molar-refractivity contribution >= 4 is 46.3 Å². The van der Waals surface area contributed by atoms with Gasteiger partial charge in [0.05, 0.1) is 24.6 Å². The van der Waals surface area contributed by atoms with Gasteiger partial charge in [0.2, 0.25) is 0 Å². The molecule has 0 radical (unpaired) electrons. The second-order valence-corrected chi connectivity index (χ2v) is 9.86. The van der Waals surface area contributed by atoms with Crippen LogP contribution in [0.1, 0.15) is 11.3 Å². The zero-order valence-electron chi connectivity index (χ0n) is 22.2. The summed E-state index contributed by atoms with van der Waals surface area (Å²) in [7, 11) is 0. The van der Waals surface area contributed by atoms with Crippen molar-refractivity contribution in [1.29, 1.82) is 0 Å². The maximum absolute atomic E-state index is 13.1. The Bertz CT molecular complexity index is 1620. The molecule has 42 heavy (non-hydrogen) atoms. The number of morpholine rings is 1. The number of hydroxylamine groups is 1. The number of nitrogens with one attached hydrogen (secondary N) is 1. The number of nitrogen functional groups attached to an aromatic ring is 1. The molecule has 220 valence electrons. The molecule has 0 bridgehead atoms. The van der Waals surface area contributed by atoms with Gasteiger partial charge in [0.15, 0.2) is 5.82 Å². The van der Waals surface area contributed by atoms with E-state index < -0.39 is 18.2 Å². The lowest BCUT2D eigenvalue weighted by atomic mass is 10.1. The molecule has 2 aromatic carbocycles. The molecule has 3 heterocycles. The van der Waals surface area contributed by atoms with E-state index in [4.69, 9.17) is 22.1 Å². The Labute approximate surface area is 242 Å². The van der Waals surface area contributed by atoms with E-state index in [0.717, 1.165) is 24.3 Å². The quantitative estimate of drug-likeness (QED) is 0.311. The van der Waals surface area contributed by atoms with Gasteiger partial charge in [-0.05, 0) is 48.4 Å². The lowest BCUT2D eigenvalue weighted by Crippen LogP contribution is -2.41. The highest BCUT2D eigenvalue weighted by Gasteiger charge is 2.44. The van der Waals surface area contributed by atoms with Crippen LogP contribution in [0.5, 0.6) is 0 Å². The SMILES string of the molecule is Cc1ccc(NC(=O)N(OC(=O)C(F)(F)F)c2ccc(-c3cc(CN4CCOCC4)n4ncnc(N)c34)cc2)cc1Cl. The van der Waals surface area contributed by atoms with Crippen LogP contribution < -0.4 is 16.1 Å². The number of anilines is 3. The maximum atomic E-state index is 13.1. The Balaban J connectivity index is 1.47. The fourth-order valence-electron chi connectivity index (χ4n) is 4.42. The average molecular weight is 604 g/mol. The molecule has 11 nitrogen and oxygen atoms in total. The summed E-state index contributed by atoms with van der Waals surface area (Å²) < 4.78 is 46.3. The number of ether oxygens (including phenoxy) is 1. The minimum absolute atomic E-state index is 0.145. The van der Waals surface area contributed by atoms with E-state index in [-0.39, 0.29) is 22.3 Å². The van der Waals surface area contributed by atoms with Crippen LogP contribution in [0.3, 0.4) is 0 Å². The Morgan fingerprint density at radius 2 is 1.86 bits per heavy atom. The largest absolute Gasteiger partial charge is 0.493 e. The summed E-state index contributed by atoms with van der Waals surface area (Å²) in [5.74, 6) is -2.34. The van der Waals surface area contributed by atoms with Crippen LogP contribution in [0.4, 0.5) is 35.2 Å². The molecule has 0 saturated carbocycles. The molecule has 1 aliphatic rings. The number of nitrogens with zero attached hydrogens (tertiary/aromatic N) is 5. The lowest BCUT2D eigenvalue weighted by Gasteiger charge is -2.26. The van der Waals surface area contributed by atoms with Crippen molar-refractivity contribution in [1.82, 2.24) is 19.5 Å². The Morgan fingerprint density at radius 3 is 2.52 bits per heavy atom. The molecule has 0 spiro atoms. The summed E-state index contributed by atoms with van der Waals surface area (Å²) in [6.07, 6.45) is -3.99. The number of hydrogen-bond donors (Lipinski definition) is 2. The minimum Gasteiger partial charge on any atom is -0.382 e. The highest BCUT2D eigenvalue weighted by atomic mass is 35.5. The monoisotopic (exact) mass is 603 g/mol. The second kappa shape index (κ2) is 11.8. The van der Waals surface area contributed by atoms with Crippen molar-refractivity contribution in [2.75, 3.05) is 42.4 Å². The van der Waals surface area contributed by atoms with Crippen LogP contribution in [-0.2, 0) is 20.9 Å². The average Bonchev–Trinajstić information content (AvgIpc) is 3.33. The first kappa shape index (κ1) is 29.1. The van der Waals surface area contributed by atoms with Crippen LogP contribution in [0.15, 0.2) is 54.9 Å². The molecule has 0 aliphatic carbocycles. The highest BCUT2D eigenvalue weighted by molar-refractivity contribution is 6.31. The third-order valence-electron chi connectivity index (χ3n) is 6.57. The first-order valence-corrected chi connectivity index (χ1v) is 13.1.